The van der Waals surface area contributed by atoms with Gasteiger partial charge in [0, 0.05) is 17.4 Å². The van der Waals surface area contributed by atoms with Crippen LogP contribution in [0, 0.1) is 6.92 Å². The monoisotopic (exact) mass is 416 g/mol. The average molecular weight is 416 g/mol. The Morgan fingerprint density at radius 1 is 1.06 bits per heavy atom. The Morgan fingerprint density at radius 2 is 1.77 bits per heavy atom. The standard InChI is InChI=1S/C24H24N4O3/c1-16-13-14-25-20(15-16)26-27-22(29)18-9-11-19(12-10-18)28-21(17-7-5-4-6-8-17)24(2,3)31-23(28)30/h4-15,21H,1-3H3,(H,25,26)(H,27,29). The molecule has 1 fully saturated rings. The topological polar surface area (TPSA) is 83.6 Å². The molecule has 0 saturated carbocycles. The molecule has 31 heavy (non-hydrogen) atoms. The minimum atomic E-state index is -0.695. The number of rotatable bonds is 5. The summed E-state index contributed by atoms with van der Waals surface area (Å²) in [6.45, 7) is 5.74. The molecular formula is C24H24N4O3. The minimum Gasteiger partial charge on any atom is -0.441 e. The van der Waals surface area contributed by atoms with Crippen molar-refractivity contribution in [3.8, 4) is 0 Å². The van der Waals surface area contributed by atoms with Gasteiger partial charge in [0.05, 0.1) is 0 Å². The highest BCUT2D eigenvalue weighted by molar-refractivity contribution is 5.96. The molecule has 3 aromatic rings. The molecule has 1 aliphatic heterocycles. The van der Waals surface area contributed by atoms with Crippen molar-refractivity contribution >= 4 is 23.5 Å². The number of hydrazine groups is 1. The molecule has 2 amide bonds. The third-order valence-corrected chi connectivity index (χ3v) is 5.21. The number of aromatic nitrogens is 1. The molecule has 7 nitrogen and oxygen atoms in total. The zero-order valence-corrected chi connectivity index (χ0v) is 17.6. The quantitative estimate of drug-likeness (QED) is 0.593. The van der Waals surface area contributed by atoms with Crippen LogP contribution in [-0.4, -0.2) is 22.6 Å². The van der Waals surface area contributed by atoms with E-state index in [2.05, 4.69) is 15.8 Å². The second-order valence-corrected chi connectivity index (χ2v) is 8.00. The first kappa shape index (κ1) is 20.4. The highest BCUT2D eigenvalue weighted by Gasteiger charge is 2.49. The van der Waals surface area contributed by atoms with Crippen molar-refractivity contribution in [1.29, 1.82) is 0 Å². The number of cyclic esters (lactones) is 1. The van der Waals surface area contributed by atoms with E-state index in [0.29, 0.717) is 17.1 Å². The van der Waals surface area contributed by atoms with Gasteiger partial charge in [0.15, 0.2) is 0 Å². The van der Waals surface area contributed by atoms with Crippen LogP contribution in [0.4, 0.5) is 16.3 Å². The number of carbonyl (C=O) groups excluding carboxylic acids is 2. The number of nitrogens with one attached hydrogen (secondary N) is 2. The first-order valence-electron chi connectivity index (χ1n) is 10.0. The molecule has 4 rings (SSSR count). The van der Waals surface area contributed by atoms with Gasteiger partial charge in [0.2, 0.25) is 0 Å². The Morgan fingerprint density at radius 3 is 2.45 bits per heavy atom. The molecule has 1 aliphatic rings. The number of benzene rings is 2. The summed E-state index contributed by atoms with van der Waals surface area (Å²) in [6, 6.07) is 20.0. The van der Waals surface area contributed by atoms with Crippen LogP contribution in [0.2, 0.25) is 0 Å². The summed E-state index contributed by atoms with van der Waals surface area (Å²) >= 11 is 0. The number of hydrogen-bond acceptors (Lipinski definition) is 5. The van der Waals surface area contributed by atoms with Gasteiger partial charge < -0.3 is 4.74 Å². The molecule has 2 heterocycles. The lowest BCUT2D eigenvalue weighted by Gasteiger charge is -2.29. The summed E-state index contributed by atoms with van der Waals surface area (Å²) in [4.78, 5) is 30.9. The molecule has 7 heteroatoms. The maximum atomic E-state index is 12.7. The van der Waals surface area contributed by atoms with E-state index < -0.39 is 11.7 Å². The number of nitrogens with zero attached hydrogens (tertiary/aromatic N) is 2. The van der Waals surface area contributed by atoms with E-state index in [1.165, 1.54) is 0 Å². The first-order chi connectivity index (χ1) is 14.8. The Bertz CT molecular complexity index is 1100. The van der Waals surface area contributed by atoms with Crippen LogP contribution in [0.15, 0.2) is 72.9 Å². The SMILES string of the molecule is Cc1ccnc(NNC(=O)c2ccc(N3C(=O)OC(C)(C)C3c3ccccc3)cc2)c1. The number of carbonyl (C=O) groups is 2. The third-order valence-electron chi connectivity index (χ3n) is 5.21. The zero-order chi connectivity index (χ0) is 22.0. The Kier molecular flexibility index (Phi) is 5.33. The molecule has 2 N–H and O–H groups in total. The van der Waals surface area contributed by atoms with Crippen molar-refractivity contribution in [3.63, 3.8) is 0 Å². The summed E-state index contributed by atoms with van der Waals surface area (Å²) in [7, 11) is 0. The minimum absolute atomic E-state index is 0.282. The van der Waals surface area contributed by atoms with E-state index in [-0.39, 0.29) is 11.9 Å². The summed E-state index contributed by atoms with van der Waals surface area (Å²) in [5.74, 6) is 0.247. The van der Waals surface area contributed by atoms with E-state index >= 15 is 0 Å². The van der Waals surface area contributed by atoms with Crippen LogP contribution in [-0.2, 0) is 4.74 Å². The molecule has 0 bridgehead atoms. The molecule has 1 atom stereocenters. The van der Waals surface area contributed by atoms with Crippen molar-refractivity contribution < 1.29 is 14.3 Å². The van der Waals surface area contributed by atoms with Crippen molar-refractivity contribution in [3.05, 3.63) is 89.6 Å². The van der Waals surface area contributed by atoms with Crippen molar-refractivity contribution in [2.24, 2.45) is 0 Å². The molecule has 2 aromatic carbocycles. The normalized spacial score (nSPS) is 17.2. The lowest BCUT2D eigenvalue weighted by Crippen LogP contribution is -2.34. The second-order valence-electron chi connectivity index (χ2n) is 8.00. The Balaban J connectivity index is 1.52. The first-order valence-corrected chi connectivity index (χ1v) is 10.0. The third kappa shape index (κ3) is 4.21. The molecule has 1 unspecified atom stereocenters. The second kappa shape index (κ2) is 8.10. The van der Waals surface area contributed by atoms with E-state index in [0.717, 1.165) is 11.1 Å². The summed E-state index contributed by atoms with van der Waals surface area (Å²) in [6.07, 6.45) is 1.25. The lowest BCUT2D eigenvalue weighted by atomic mass is 9.91. The Labute approximate surface area is 181 Å². The van der Waals surface area contributed by atoms with Gasteiger partial charge in [-0.1, -0.05) is 30.3 Å². The largest absolute Gasteiger partial charge is 0.441 e. The van der Waals surface area contributed by atoms with Gasteiger partial charge >= 0.3 is 6.09 Å². The number of aryl methyl sites for hydroxylation is 1. The fourth-order valence-electron chi connectivity index (χ4n) is 3.76. The van der Waals surface area contributed by atoms with Gasteiger partial charge in [-0.3, -0.25) is 20.5 Å². The fourth-order valence-corrected chi connectivity index (χ4v) is 3.76. The van der Waals surface area contributed by atoms with Crippen LogP contribution >= 0.6 is 0 Å². The van der Waals surface area contributed by atoms with Gasteiger partial charge in [-0.2, -0.15) is 0 Å². The average Bonchev–Trinajstić information content (AvgIpc) is 3.01. The van der Waals surface area contributed by atoms with Crippen LogP contribution in [0.25, 0.3) is 0 Å². The molecule has 158 valence electrons. The molecule has 1 saturated heterocycles. The van der Waals surface area contributed by atoms with Crippen LogP contribution in [0.3, 0.4) is 0 Å². The van der Waals surface area contributed by atoms with Crippen molar-refractivity contribution in [2.75, 3.05) is 10.3 Å². The van der Waals surface area contributed by atoms with Crippen molar-refractivity contribution in [2.45, 2.75) is 32.4 Å². The summed E-state index contributed by atoms with van der Waals surface area (Å²) < 4.78 is 5.65. The number of hydrogen-bond donors (Lipinski definition) is 2. The number of pyridine rings is 1. The van der Waals surface area contributed by atoms with Gasteiger partial charge in [-0.15, -0.1) is 0 Å². The van der Waals surface area contributed by atoms with Crippen LogP contribution < -0.4 is 15.8 Å². The lowest BCUT2D eigenvalue weighted by molar-refractivity contribution is 0.0685. The van der Waals surface area contributed by atoms with Crippen LogP contribution in [0.1, 0.15) is 41.4 Å². The summed E-state index contributed by atoms with van der Waals surface area (Å²) in [5, 5.41) is 0. The number of ether oxygens (including phenoxy) is 1. The fraction of sp³-hybridized carbons (Fsp3) is 0.208. The molecule has 1 aromatic heterocycles. The smallest absolute Gasteiger partial charge is 0.415 e. The van der Waals surface area contributed by atoms with E-state index in [1.54, 1.807) is 35.4 Å². The number of amides is 2. The van der Waals surface area contributed by atoms with Crippen LogP contribution in [0.5, 0.6) is 0 Å². The molecule has 0 aliphatic carbocycles. The predicted molar refractivity (Wildman–Crippen MR) is 119 cm³/mol. The number of anilines is 2. The zero-order valence-electron chi connectivity index (χ0n) is 17.6. The highest BCUT2D eigenvalue weighted by atomic mass is 16.6. The van der Waals surface area contributed by atoms with E-state index in [9.17, 15) is 9.59 Å². The summed E-state index contributed by atoms with van der Waals surface area (Å²) in [5.41, 5.74) is 7.87. The molecule has 0 radical (unpaired) electrons. The van der Waals surface area contributed by atoms with E-state index in [1.807, 2.05) is 63.2 Å². The Hall–Kier alpha value is -3.87. The highest BCUT2D eigenvalue weighted by Crippen LogP contribution is 2.43. The van der Waals surface area contributed by atoms with Gasteiger partial charge in [-0.05, 0) is 68.3 Å². The maximum absolute atomic E-state index is 12.7. The van der Waals surface area contributed by atoms with Gasteiger partial charge in [0.1, 0.15) is 17.5 Å². The van der Waals surface area contributed by atoms with Gasteiger partial charge in [0.25, 0.3) is 5.91 Å². The predicted octanol–water partition coefficient (Wildman–Crippen LogP) is 4.62. The molecular weight excluding hydrogens is 392 g/mol. The van der Waals surface area contributed by atoms with Gasteiger partial charge in [-0.25, -0.2) is 9.78 Å². The molecule has 0 spiro atoms. The van der Waals surface area contributed by atoms with Crippen molar-refractivity contribution in [1.82, 2.24) is 10.4 Å². The van der Waals surface area contributed by atoms with E-state index in [4.69, 9.17) is 4.74 Å². The maximum Gasteiger partial charge on any atom is 0.415 e.